The van der Waals surface area contributed by atoms with Crippen molar-refractivity contribution in [1.82, 2.24) is 29.7 Å². The Balaban J connectivity index is 1.35. The van der Waals surface area contributed by atoms with Crippen LogP contribution in [0.15, 0.2) is 29.2 Å². The first kappa shape index (κ1) is 16.2. The molecule has 138 valence electrons. The Morgan fingerprint density at radius 1 is 1.19 bits per heavy atom. The van der Waals surface area contributed by atoms with Crippen molar-refractivity contribution in [3.05, 3.63) is 57.4 Å². The number of aromatic nitrogens is 5. The molecule has 3 aromatic rings. The molecule has 1 saturated heterocycles. The van der Waals surface area contributed by atoms with E-state index in [1.54, 1.807) is 17.0 Å². The van der Waals surface area contributed by atoms with Gasteiger partial charge in [-0.25, -0.2) is 0 Å². The molecule has 1 fully saturated rings. The highest BCUT2D eigenvalue weighted by Crippen LogP contribution is 2.28. The lowest BCUT2D eigenvalue weighted by molar-refractivity contribution is 0.0709. The van der Waals surface area contributed by atoms with E-state index in [2.05, 4.69) is 21.2 Å². The van der Waals surface area contributed by atoms with Crippen molar-refractivity contribution in [2.75, 3.05) is 13.1 Å². The number of nitrogens with zero attached hydrogens (tertiary/aromatic N) is 5. The van der Waals surface area contributed by atoms with Crippen LogP contribution in [0.4, 0.5) is 0 Å². The summed E-state index contributed by atoms with van der Waals surface area (Å²) in [4.78, 5) is 28.8. The zero-order valence-electron chi connectivity index (χ0n) is 14.9. The van der Waals surface area contributed by atoms with Crippen molar-refractivity contribution in [2.24, 2.45) is 0 Å². The minimum atomic E-state index is -0.342. The largest absolute Gasteiger partial charge is 0.338 e. The molecule has 3 aromatic heterocycles. The van der Waals surface area contributed by atoms with Crippen LogP contribution in [-0.4, -0.2) is 48.7 Å². The highest BCUT2D eigenvalue weighted by Gasteiger charge is 2.29. The van der Waals surface area contributed by atoms with E-state index in [1.165, 1.54) is 11.8 Å². The van der Waals surface area contributed by atoms with E-state index in [4.69, 9.17) is 5.10 Å². The Hall–Kier alpha value is -3.03. The van der Waals surface area contributed by atoms with Crippen LogP contribution in [0.25, 0.3) is 5.65 Å². The van der Waals surface area contributed by atoms with Gasteiger partial charge in [0.1, 0.15) is 5.56 Å². The minimum Gasteiger partial charge on any atom is -0.338 e. The number of H-pyrrole nitrogens is 1. The van der Waals surface area contributed by atoms with Crippen LogP contribution in [0, 0.1) is 0 Å². The van der Waals surface area contributed by atoms with Crippen molar-refractivity contribution in [3.63, 3.8) is 0 Å². The van der Waals surface area contributed by atoms with Gasteiger partial charge in [-0.05, 0) is 55.9 Å². The lowest BCUT2D eigenvalue weighted by atomic mass is 9.95. The molecule has 0 saturated carbocycles. The number of carbonyl (C=O) groups is 1. The predicted octanol–water partition coefficient (Wildman–Crippen LogP) is 1.32. The van der Waals surface area contributed by atoms with Gasteiger partial charge in [0.15, 0.2) is 11.5 Å². The molecule has 0 spiro atoms. The summed E-state index contributed by atoms with van der Waals surface area (Å²) in [5, 5.41) is 13.5. The molecular weight excluding hydrogens is 344 g/mol. The Morgan fingerprint density at radius 3 is 2.85 bits per heavy atom. The number of hydrogen-bond acceptors (Lipinski definition) is 5. The van der Waals surface area contributed by atoms with E-state index in [-0.39, 0.29) is 22.9 Å². The number of carbonyl (C=O) groups excluding carboxylic acids is 1. The Labute approximate surface area is 155 Å². The smallest absolute Gasteiger partial charge is 0.260 e. The van der Waals surface area contributed by atoms with Crippen LogP contribution in [0.1, 0.15) is 52.6 Å². The first-order valence-corrected chi connectivity index (χ1v) is 9.42. The minimum absolute atomic E-state index is 0.195. The monoisotopic (exact) mass is 364 g/mol. The van der Waals surface area contributed by atoms with Gasteiger partial charge in [-0.3, -0.25) is 9.59 Å². The third-order valence-electron chi connectivity index (χ3n) is 5.64. The van der Waals surface area contributed by atoms with Gasteiger partial charge in [0.2, 0.25) is 0 Å². The average Bonchev–Trinajstić information content (AvgIpc) is 3.32. The molecule has 0 bridgehead atoms. The van der Waals surface area contributed by atoms with Crippen molar-refractivity contribution >= 4 is 11.6 Å². The number of hydrogen-bond donors (Lipinski definition) is 1. The lowest BCUT2D eigenvalue weighted by Gasteiger charge is -2.31. The summed E-state index contributed by atoms with van der Waals surface area (Å²) in [5.41, 5.74) is 3.10. The van der Waals surface area contributed by atoms with Crippen LogP contribution in [0.2, 0.25) is 0 Å². The second-order valence-electron chi connectivity index (χ2n) is 7.28. The molecule has 0 atom stereocenters. The summed E-state index contributed by atoms with van der Waals surface area (Å²) in [6, 6.07) is 5.35. The number of nitrogens with one attached hydrogen (secondary N) is 1. The average molecular weight is 364 g/mol. The fraction of sp³-hybridized carbons (Fsp3) is 0.421. The molecule has 27 heavy (non-hydrogen) atoms. The van der Waals surface area contributed by atoms with Gasteiger partial charge < -0.3 is 9.88 Å². The molecule has 0 radical (unpaired) electrons. The van der Waals surface area contributed by atoms with Crippen LogP contribution >= 0.6 is 0 Å². The van der Waals surface area contributed by atoms with Crippen molar-refractivity contribution in [2.45, 2.75) is 38.0 Å². The van der Waals surface area contributed by atoms with Crippen LogP contribution in [0.3, 0.4) is 0 Å². The molecule has 0 aromatic carbocycles. The van der Waals surface area contributed by atoms with Crippen molar-refractivity contribution < 1.29 is 4.79 Å². The van der Waals surface area contributed by atoms with E-state index in [1.807, 2.05) is 4.52 Å². The predicted molar refractivity (Wildman–Crippen MR) is 97.7 cm³/mol. The summed E-state index contributed by atoms with van der Waals surface area (Å²) in [6.45, 7) is 1.19. The lowest BCUT2D eigenvalue weighted by Crippen LogP contribution is -2.40. The highest BCUT2D eigenvalue weighted by molar-refractivity contribution is 5.93. The molecule has 8 heteroatoms. The number of piperidine rings is 1. The molecule has 2 aliphatic rings. The molecule has 4 heterocycles. The fourth-order valence-electron chi connectivity index (χ4n) is 4.15. The maximum atomic E-state index is 12.6. The third kappa shape index (κ3) is 2.72. The SMILES string of the molecule is O=C(c1ccc[nH]c1=O)N1CCC(c2nnc3cc4c(nn23)CCC4)CC1. The first-order valence-electron chi connectivity index (χ1n) is 9.42. The topological polar surface area (TPSA) is 96.2 Å². The second kappa shape index (κ2) is 6.29. The standard InChI is InChI=1S/C19H20N6O2/c26-18-14(4-2-8-20-18)19(27)24-9-6-12(7-10-24)17-22-21-16-11-13-3-1-5-15(13)23-25(16)17/h2,4,8,11-12H,1,3,5-7,9-10H2,(H,20,26). The van der Waals surface area contributed by atoms with E-state index in [0.717, 1.165) is 49.3 Å². The van der Waals surface area contributed by atoms with Gasteiger partial charge >= 0.3 is 0 Å². The zero-order valence-corrected chi connectivity index (χ0v) is 14.9. The molecule has 1 aliphatic carbocycles. The molecule has 1 N–H and O–H groups in total. The summed E-state index contributed by atoms with van der Waals surface area (Å²) < 4.78 is 1.88. The number of likely N-dealkylation sites (tertiary alicyclic amines) is 1. The van der Waals surface area contributed by atoms with E-state index < -0.39 is 0 Å². The summed E-state index contributed by atoms with van der Waals surface area (Å²) in [7, 11) is 0. The van der Waals surface area contributed by atoms with Gasteiger partial charge in [0.05, 0.1) is 5.69 Å². The van der Waals surface area contributed by atoms with E-state index >= 15 is 0 Å². The molecule has 1 aliphatic heterocycles. The van der Waals surface area contributed by atoms with Crippen molar-refractivity contribution in [3.8, 4) is 0 Å². The summed E-state index contributed by atoms with van der Waals surface area (Å²) in [5.74, 6) is 0.881. The third-order valence-corrected chi connectivity index (χ3v) is 5.64. The number of aryl methyl sites for hydroxylation is 2. The van der Waals surface area contributed by atoms with Gasteiger partial charge in [-0.1, -0.05) is 0 Å². The van der Waals surface area contributed by atoms with Gasteiger partial charge in [0, 0.05) is 25.2 Å². The second-order valence-corrected chi connectivity index (χ2v) is 7.28. The van der Waals surface area contributed by atoms with E-state index in [0.29, 0.717) is 13.1 Å². The number of pyridine rings is 1. The van der Waals surface area contributed by atoms with Gasteiger partial charge in [0.25, 0.3) is 11.5 Å². The quantitative estimate of drug-likeness (QED) is 0.740. The van der Waals surface area contributed by atoms with Crippen LogP contribution in [-0.2, 0) is 12.8 Å². The van der Waals surface area contributed by atoms with Crippen molar-refractivity contribution in [1.29, 1.82) is 0 Å². The van der Waals surface area contributed by atoms with Crippen LogP contribution < -0.4 is 5.56 Å². The fourth-order valence-corrected chi connectivity index (χ4v) is 4.15. The van der Waals surface area contributed by atoms with Crippen LogP contribution in [0.5, 0.6) is 0 Å². The maximum Gasteiger partial charge on any atom is 0.260 e. The molecule has 8 nitrogen and oxygen atoms in total. The summed E-state index contributed by atoms with van der Waals surface area (Å²) in [6.07, 6.45) is 6.34. The molecule has 5 rings (SSSR count). The Bertz CT molecular complexity index is 1080. The number of amides is 1. The van der Waals surface area contributed by atoms with Gasteiger partial charge in [-0.2, -0.15) is 9.61 Å². The summed E-state index contributed by atoms with van der Waals surface area (Å²) >= 11 is 0. The molecular formula is C19H20N6O2. The number of fused-ring (bicyclic) bond motifs is 2. The van der Waals surface area contributed by atoms with E-state index in [9.17, 15) is 9.59 Å². The first-order chi connectivity index (χ1) is 13.2. The number of aromatic amines is 1. The Morgan fingerprint density at radius 2 is 2.04 bits per heavy atom. The molecule has 0 unspecified atom stereocenters. The Kier molecular flexibility index (Phi) is 3.77. The maximum absolute atomic E-state index is 12.6. The number of rotatable bonds is 2. The zero-order chi connectivity index (χ0) is 18.4. The van der Waals surface area contributed by atoms with Gasteiger partial charge in [-0.15, -0.1) is 10.2 Å². The molecule has 1 amide bonds. The highest BCUT2D eigenvalue weighted by atomic mass is 16.2. The normalized spacial score (nSPS) is 17.4.